The molecule has 0 aromatic heterocycles. The second kappa shape index (κ2) is 11.4. The summed E-state index contributed by atoms with van der Waals surface area (Å²) in [4.78, 5) is 39.9. The van der Waals surface area contributed by atoms with Crippen LogP contribution in [0.25, 0.3) is 0 Å². The Hall–Kier alpha value is -3.66. The van der Waals surface area contributed by atoms with E-state index in [2.05, 4.69) is 11.4 Å². The number of nitriles is 1. The summed E-state index contributed by atoms with van der Waals surface area (Å²) >= 11 is 0. The Balaban J connectivity index is 1.92. The first-order valence-electron chi connectivity index (χ1n) is 9.73. The van der Waals surface area contributed by atoms with Gasteiger partial charge in [-0.3, -0.25) is 14.4 Å². The van der Waals surface area contributed by atoms with Gasteiger partial charge in [0.2, 0.25) is 11.8 Å². The smallest absolute Gasteiger partial charge is 0.251 e. The van der Waals surface area contributed by atoms with Crippen LogP contribution in [0.15, 0.2) is 54.6 Å². The van der Waals surface area contributed by atoms with Gasteiger partial charge in [0.1, 0.15) is 0 Å². The predicted octanol–water partition coefficient (Wildman–Crippen LogP) is 2.73. The van der Waals surface area contributed by atoms with Crippen LogP contribution >= 0.6 is 0 Å². The van der Waals surface area contributed by atoms with Crippen molar-refractivity contribution in [3.8, 4) is 6.07 Å². The number of para-hydroxylation sites is 1. The van der Waals surface area contributed by atoms with Crippen LogP contribution in [0.5, 0.6) is 0 Å². The number of benzene rings is 2. The number of rotatable bonds is 9. The number of hydrogen-bond acceptors (Lipinski definition) is 4. The molecular weight excluding hydrogens is 380 g/mol. The molecule has 0 fully saturated rings. The number of nitrogens with zero attached hydrogens (tertiary/aromatic N) is 3. The van der Waals surface area contributed by atoms with E-state index in [9.17, 15) is 14.4 Å². The molecule has 1 N–H and O–H groups in total. The lowest BCUT2D eigenvalue weighted by Crippen LogP contribution is -2.33. The van der Waals surface area contributed by atoms with Gasteiger partial charge in [-0.15, -0.1) is 0 Å². The van der Waals surface area contributed by atoms with Crippen molar-refractivity contribution in [3.63, 3.8) is 0 Å². The second-order valence-corrected chi connectivity index (χ2v) is 6.81. The second-order valence-electron chi connectivity index (χ2n) is 6.81. The minimum atomic E-state index is -0.187. The third-order valence-corrected chi connectivity index (χ3v) is 4.66. The van der Waals surface area contributed by atoms with E-state index in [1.807, 2.05) is 30.3 Å². The Morgan fingerprint density at radius 2 is 1.60 bits per heavy atom. The van der Waals surface area contributed by atoms with E-state index in [-0.39, 0.29) is 37.0 Å². The maximum absolute atomic E-state index is 12.7. The first-order chi connectivity index (χ1) is 14.5. The molecule has 0 radical (unpaired) electrons. The Bertz CT molecular complexity index is 904. The molecule has 0 saturated carbocycles. The molecule has 0 spiro atoms. The van der Waals surface area contributed by atoms with Crippen molar-refractivity contribution >= 4 is 23.4 Å². The molecule has 0 bridgehead atoms. The topological polar surface area (TPSA) is 93.5 Å². The summed E-state index contributed by atoms with van der Waals surface area (Å²) in [7, 11) is 3.26. The average molecular weight is 406 g/mol. The van der Waals surface area contributed by atoms with Crippen molar-refractivity contribution in [3.05, 3.63) is 65.7 Å². The Morgan fingerprint density at radius 1 is 0.967 bits per heavy atom. The van der Waals surface area contributed by atoms with Crippen molar-refractivity contribution in [2.75, 3.05) is 25.5 Å². The molecule has 0 saturated heterocycles. The van der Waals surface area contributed by atoms with E-state index in [0.29, 0.717) is 18.7 Å². The molecule has 0 aliphatic carbocycles. The first-order valence-corrected chi connectivity index (χ1v) is 9.73. The van der Waals surface area contributed by atoms with Crippen LogP contribution in [0, 0.1) is 11.3 Å². The maximum Gasteiger partial charge on any atom is 0.251 e. The van der Waals surface area contributed by atoms with Crippen LogP contribution in [-0.4, -0.2) is 43.3 Å². The number of anilines is 1. The van der Waals surface area contributed by atoms with Crippen molar-refractivity contribution < 1.29 is 14.4 Å². The van der Waals surface area contributed by atoms with E-state index in [0.717, 1.165) is 11.3 Å². The number of nitrogens with one attached hydrogen (secondary N) is 1. The Labute approximate surface area is 176 Å². The van der Waals surface area contributed by atoms with E-state index in [1.165, 1.54) is 0 Å². The van der Waals surface area contributed by atoms with Crippen LogP contribution in [-0.2, 0) is 16.1 Å². The van der Waals surface area contributed by atoms with Crippen molar-refractivity contribution in [2.24, 2.45) is 0 Å². The zero-order valence-corrected chi connectivity index (χ0v) is 17.3. The van der Waals surface area contributed by atoms with Gasteiger partial charge >= 0.3 is 0 Å². The number of amides is 3. The number of carbonyl (C=O) groups is 3. The quantitative estimate of drug-likeness (QED) is 0.693. The van der Waals surface area contributed by atoms with Crippen LogP contribution in [0.2, 0.25) is 0 Å². The zero-order valence-electron chi connectivity index (χ0n) is 17.3. The molecule has 0 aliphatic rings. The van der Waals surface area contributed by atoms with Gasteiger partial charge in [0.15, 0.2) is 0 Å². The highest BCUT2D eigenvalue weighted by atomic mass is 16.2. The lowest BCUT2D eigenvalue weighted by atomic mass is 10.1. The van der Waals surface area contributed by atoms with Gasteiger partial charge in [-0.2, -0.15) is 5.26 Å². The number of hydrogen-bond donors (Lipinski definition) is 1. The highest BCUT2D eigenvalue weighted by Gasteiger charge is 2.18. The van der Waals surface area contributed by atoms with E-state index in [1.54, 1.807) is 48.2 Å². The van der Waals surface area contributed by atoms with Crippen LogP contribution in [0.4, 0.5) is 5.69 Å². The van der Waals surface area contributed by atoms with Gasteiger partial charge in [-0.25, -0.2) is 0 Å². The predicted molar refractivity (Wildman–Crippen MR) is 115 cm³/mol. The SMILES string of the molecule is CNC(=O)c1ccc(CN(C)C(=O)CCC(=O)N(CCC#N)c2ccccc2)cc1. The fraction of sp³-hybridized carbons (Fsp3) is 0.304. The van der Waals surface area contributed by atoms with E-state index in [4.69, 9.17) is 5.26 Å². The van der Waals surface area contributed by atoms with Gasteiger partial charge in [0, 0.05) is 51.3 Å². The van der Waals surface area contributed by atoms with Crippen LogP contribution in [0.3, 0.4) is 0 Å². The molecule has 30 heavy (non-hydrogen) atoms. The average Bonchev–Trinajstić information content (AvgIpc) is 2.78. The van der Waals surface area contributed by atoms with Crippen LogP contribution in [0.1, 0.15) is 35.2 Å². The molecule has 0 aliphatic heterocycles. The summed E-state index contributed by atoms with van der Waals surface area (Å²) in [5.74, 6) is -0.496. The third kappa shape index (κ3) is 6.45. The summed E-state index contributed by atoms with van der Waals surface area (Å²) in [5, 5.41) is 11.4. The van der Waals surface area contributed by atoms with Crippen molar-refractivity contribution in [1.29, 1.82) is 5.26 Å². The summed E-state index contributed by atoms with van der Waals surface area (Å²) in [5.41, 5.74) is 2.17. The lowest BCUT2D eigenvalue weighted by Gasteiger charge is -2.22. The van der Waals surface area contributed by atoms with Crippen LogP contribution < -0.4 is 10.2 Å². The maximum atomic E-state index is 12.7. The summed E-state index contributed by atoms with van der Waals surface area (Å²) < 4.78 is 0. The molecule has 3 amide bonds. The molecule has 0 unspecified atom stereocenters. The normalized spacial score (nSPS) is 10.0. The Morgan fingerprint density at radius 3 is 2.20 bits per heavy atom. The molecule has 7 heteroatoms. The van der Waals surface area contributed by atoms with E-state index < -0.39 is 0 Å². The lowest BCUT2D eigenvalue weighted by molar-refractivity contribution is -0.132. The van der Waals surface area contributed by atoms with Gasteiger partial charge in [-0.05, 0) is 29.8 Å². The fourth-order valence-electron chi connectivity index (χ4n) is 2.98. The minimum absolute atomic E-state index is 0.0686. The summed E-state index contributed by atoms with van der Waals surface area (Å²) in [6, 6.07) is 18.2. The van der Waals surface area contributed by atoms with Crippen molar-refractivity contribution in [2.45, 2.75) is 25.8 Å². The molecule has 0 heterocycles. The zero-order chi connectivity index (χ0) is 21.9. The number of carbonyl (C=O) groups excluding carboxylic acids is 3. The fourth-order valence-corrected chi connectivity index (χ4v) is 2.98. The van der Waals surface area contributed by atoms with Crippen molar-refractivity contribution in [1.82, 2.24) is 10.2 Å². The minimum Gasteiger partial charge on any atom is -0.355 e. The summed E-state index contributed by atoms with van der Waals surface area (Å²) in [6.07, 6.45) is 0.376. The molecular formula is C23H26N4O3. The molecule has 0 atom stereocenters. The first kappa shape index (κ1) is 22.6. The summed E-state index contributed by atoms with van der Waals surface area (Å²) in [6.45, 7) is 0.680. The standard InChI is InChI=1S/C23H26N4O3/c1-25-23(30)19-11-9-18(10-12-19)17-26(2)21(28)13-14-22(29)27(16-6-15-24)20-7-4-3-5-8-20/h3-5,7-12H,6,13-14,16-17H2,1-2H3,(H,25,30). The third-order valence-electron chi connectivity index (χ3n) is 4.66. The Kier molecular flexibility index (Phi) is 8.57. The molecule has 7 nitrogen and oxygen atoms in total. The molecule has 2 aromatic carbocycles. The van der Waals surface area contributed by atoms with Gasteiger partial charge < -0.3 is 15.1 Å². The highest BCUT2D eigenvalue weighted by Crippen LogP contribution is 2.16. The highest BCUT2D eigenvalue weighted by molar-refractivity contribution is 5.95. The molecule has 2 aromatic rings. The molecule has 2 rings (SSSR count). The largest absolute Gasteiger partial charge is 0.355 e. The van der Waals surface area contributed by atoms with Gasteiger partial charge in [-0.1, -0.05) is 30.3 Å². The molecule has 156 valence electrons. The monoisotopic (exact) mass is 406 g/mol. The van der Waals surface area contributed by atoms with Gasteiger partial charge in [0.25, 0.3) is 5.91 Å². The van der Waals surface area contributed by atoms with E-state index >= 15 is 0 Å². The van der Waals surface area contributed by atoms with Gasteiger partial charge in [0.05, 0.1) is 12.5 Å².